The molecule has 0 N–H and O–H groups in total. The van der Waals surface area contributed by atoms with Gasteiger partial charge < -0.3 is 0 Å². The molecule has 0 amide bonds. The van der Waals surface area contributed by atoms with E-state index in [9.17, 15) is 0 Å². The second kappa shape index (κ2) is 6.65. The molecule has 0 aliphatic rings. The lowest BCUT2D eigenvalue weighted by Crippen LogP contribution is -1.85. The van der Waals surface area contributed by atoms with Crippen molar-refractivity contribution in [1.29, 1.82) is 5.26 Å². The molecule has 21 heavy (non-hydrogen) atoms. The molecule has 102 valence electrons. The fraction of sp³-hybridized carbons (Fsp3) is 0. The van der Waals surface area contributed by atoms with Gasteiger partial charge in [-0.15, -0.1) is 12.4 Å². The van der Waals surface area contributed by atoms with Gasteiger partial charge in [-0.05, 0) is 41.3 Å². The van der Waals surface area contributed by atoms with E-state index in [1.54, 1.807) is 24.5 Å². The molecule has 0 saturated carbocycles. The molecule has 0 aliphatic heterocycles. The van der Waals surface area contributed by atoms with Crippen LogP contribution >= 0.6 is 12.4 Å². The van der Waals surface area contributed by atoms with Crippen LogP contribution in [0.2, 0.25) is 0 Å². The van der Waals surface area contributed by atoms with Crippen molar-refractivity contribution >= 4 is 35.3 Å². The number of fused-ring (bicyclic) bond motifs is 1. The maximum Gasteiger partial charge on any atom is 0.101 e. The normalized spacial score (nSPS) is 10.2. The van der Waals surface area contributed by atoms with Crippen molar-refractivity contribution in [2.24, 2.45) is 0 Å². The molecule has 1 aromatic carbocycles. The highest BCUT2D eigenvalue weighted by Crippen LogP contribution is 2.16. The van der Waals surface area contributed by atoms with E-state index in [4.69, 9.17) is 5.26 Å². The molecule has 0 radical (unpaired) electrons. The average Bonchev–Trinajstić information content (AvgIpc) is 2.53. The van der Waals surface area contributed by atoms with Gasteiger partial charge in [-0.3, -0.25) is 9.97 Å². The number of nitrogens with zero attached hydrogens (tertiary/aromatic N) is 3. The van der Waals surface area contributed by atoms with Crippen LogP contribution in [-0.2, 0) is 0 Å². The fourth-order valence-corrected chi connectivity index (χ4v) is 2.03. The molecular formula is C17H12ClN3. The Kier molecular flexibility index (Phi) is 4.65. The number of rotatable bonds is 2. The zero-order valence-electron chi connectivity index (χ0n) is 11.1. The summed E-state index contributed by atoms with van der Waals surface area (Å²) in [5.41, 5.74) is 2.31. The van der Waals surface area contributed by atoms with Crippen LogP contribution in [0.3, 0.4) is 0 Å². The lowest BCUT2D eigenvalue weighted by Gasteiger charge is -1.99. The lowest BCUT2D eigenvalue weighted by atomic mass is 10.1. The summed E-state index contributed by atoms with van der Waals surface area (Å²) in [6.07, 6.45) is 9.12. The zero-order valence-corrected chi connectivity index (χ0v) is 11.9. The molecule has 3 aromatic rings. The van der Waals surface area contributed by atoms with Gasteiger partial charge in [-0.2, -0.15) is 5.26 Å². The van der Waals surface area contributed by atoms with Crippen molar-refractivity contribution in [3.8, 4) is 6.07 Å². The predicted molar refractivity (Wildman–Crippen MR) is 86.9 cm³/mol. The first-order chi connectivity index (χ1) is 9.86. The van der Waals surface area contributed by atoms with Crippen LogP contribution in [0.4, 0.5) is 0 Å². The van der Waals surface area contributed by atoms with Gasteiger partial charge in [0.05, 0.1) is 11.3 Å². The van der Waals surface area contributed by atoms with Gasteiger partial charge in [0.2, 0.25) is 0 Å². The molecule has 2 heterocycles. The molecule has 4 heteroatoms. The molecule has 3 rings (SSSR count). The van der Waals surface area contributed by atoms with E-state index < -0.39 is 0 Å². The minimum absolute atomic E-state index is 0. The van der Waals surface area contributed by atoms with E-state index in [-0.39, 0.29) is 12.4 Å². The summed E-state index contributed by atoms with van der Waals surface area (Å²) in [5, 5.41) is 11.3. The number of halogens is 1. The Labute approximate surface area is 129 Å². The molecular weight excluding hydrogens is 282 g/mol. The second-order valence-corrected chi connectivity index (χ2v) is 4.36. The topological polar surface area (TPSA) is 49.6 Å². The van der Waals surface area contributed by atoms with Crippen LogP contribution in [0.5, 0.6) is 0 Å². The number of pyridine rings is 2. The molecule has 3 nitrogen and oxygen atoms in total. The summed E-state index contributed by atoms with van der Waals surface area (Å²) in [5.74, 6) is 0. The molecule has 2 aromatic heterocycles. The first kappa shape index (κ1) is 14.7. The number of benzene rings is 1. The molecule has 0 unspecified atom stereocenters. The molecule has 0 aliphatic carbocycles. The standard InChI is InChI=1S/C17H11N3.ClH/c18-11-15-2-1-8-20-17(15)6-4-13-3-5-14-7-9-19-12-16(14)10-13;/h1-10,12H;1H/b6-4+;. The maximum atomic E-state index is 9.02. The average molecular weight is 294 g/mol. The summed E-state index contributed by atoms with van der Waals surface area (Å²) >= 11 is 0. The second-order valence-electron chi connectivity index (χ2n) is 4.36. The maximum absolute atomic E-state index is 9.02. The van der Waals surface area contributed by atoms with Gasteiger partial charge in [-0.1, -0.05) is 18.2 Å². The van der Waals surface area contributed by atoms with Gasteiger partial charge in [-0.25, -0.2) is 0 Å². The van der Waals surface area contributed by atoms with Crippen molar-refractivity contribution in [1.82, 2.24) is 9.97 Å². The van der Waals surface area contributed by atoms with Crippen molar-refractivity contribution in [3.63, 3.8) is 0 Å². The summed E-state index contributed by atoms with van der Waals surface area (Å²) in [4.78, 5) is 8.33. The Morgan fingerprint density at radius 2 is 1.90 bits per heavy atom. The Morgan fingerprint density at radius 1 is 1.00 bits per heavy atom. The van der Waals surface area contributed by atoms with E-state index in [2.05, 4.69) is 28.2 Å². The van der Waals surface area contributed by atoms with Crippen LogP contribution in [0, 0.1) is 11.3 Å². The number of aromatic nitrogens is 2. The Morgan fingerprint density at radius 3 is 2.76 bits per heavy atom. The molecule has 0 bridgehead atoms. The summed E-state index contributed by atoms with van der Waals surface area (Å²) < 4.78 is 0. The third-order valence-corrected chi connectivity index (χ3v) is 3.06. The number of hydrogen-bond acceptors (Lipinski definition) is 3. The van der Waals surface area contributed by atoms with Crippen molar-refractivity contribution in [3.05, 3.63) is 71.8 Å². The minimum Gasteiger partial charge on any atom is -0.264 e. The smallest absolute Gasteiger partial charge is 0.101 e. The Bertz CT molecular complexity index is 835. The molecule has 0 spiro atoms. The van der Waals surface area contributed by atoms with Crippen LogP contribution in [0.15, 0.2) is 55.0 Å². The van der Waals surface area contributed by atoms with E-state index >= 15 is 0 Å². The van der Waals surface area contributed by atoms with Crippen molar-refractivity contribution in [2.45, 2.75) is 0 Å². The third-order valence-electron chi connectivity index (χ3n) is 3.06. The van der Waals surface area contributed by atoms with Gasteiger partial charge in [0.1, 0.15) is 6.07 Å². The van der Waals surface area contributed by atoms with Crippen LogP contribution in [0.25, 0.3) is 22.9 Å². The molecule has 0 saturated heterocycles. The quantitative estimate of drug-likeness (QED) is 0.715. The van der Waals surface area contributed by atoms with Gasteiger partial charge in [0.15, 0.2) is 0 Å². The highest BCUT2D eigenvalue weighted by molar-refractivity contribution is 5.85. The first-order valence-corrected chi connectivity index (χ1v) is 6.24. The van der Waals surface area contributed by atoms with Crippen LogP contribution < -0.4 is 0 Å². The minimum atomic E-state index is 0. The Hall–Kier alpha value is -2.70. The first-order valence-electron chi connectivity index (χ1n) is 6.24. The lowest BCUT2D eigenvalue weighted by molar-refractivity contribution is 1.27. The van der Waals surface area contributed by atoms with Crippen LogP contribution in [0.1, 0.15) is 16.8 Å². The Balaban J connectivity index is 0.00000161. The number of hydrogen-bond donors (Lipinski definition) is 0. The number of nitriles is 1. The van der Waals surface area contributed by atoms with Crippen molar-refractivity contribution < 1.29 is 0 Å². The van der Waals surface area contributed by atoms with Gasteiger partial charge >= 0.3 is 0 Å². The fourth-order valence-electron chi connectivity index (χ4n) is 2.03. The summed E-state index contributed by atoms with van der Waals surface area (Å²) in [7, 11) is 0. The zero-order chi connectivity index (χ0) is 13.8. The predicted octanol–water partition coefficient (Wildman–Crippen LogP) is 4.09. The summed E-state index contributed by atoms with van der Waals surface area (Å²) in [6.45, 7) is 0. The molecule has 0 atom stereocenters. The third kappa shape index (κ3) is 3.25. The molecule has 0 fully saturated rings. The monoisotopic (exact) mass is 293 g/mol. The SMILES string of the molecule is Cl.N#Cc1cccnc1/C=C/c1ccc2ccncc2c1. The van der Waals surface area contributed by atoms with E-state index in [1.807, 2.05) is 30.5 Å². The largest absolute Gasteiger partial charge is 0.264 e. The van der Waals surface area contributed by atoms with E-state index in [1.165, 1.54) is 0 Å². The van der Waals surface area contributed by atoms with Crippen molar-refractivity contribution in [2.75, 3.05) is 0 Å². The highest BCUT2D eigenvalue weighted by Gasteiger charge is 1.98. The summed E-state index contributed by atoms with van der Waals surface area (Å²) in [6, 6.07) is 13.8. The van der Waals surface area contributed by atoms with E-state index in [0.29, 0.717) is 11.3 Å². The van der Waals surface area contributed by atoms with E-state index in [0.717, 1.165) is 16.3 Å². The van der Waals surface area contributed by atoms with Gasteiger partial charge in [0.25, 0.3) is 0 Å². The van der Waals surface area contributed by atoms with Crippen LogP contribution in [-0.4, -0.2) is 9.97 Å². The highest BCUT2D eigenvalue weighted by atomic mass is 35.5. The van der Waals surface area contributed by atoms with Gasteiger partial charge in [0, 0.05) is 24.0 Å².